The maximum absolute atomic E-state index is 9.96. The van der Waals surface area contributed by atoms with Crippen LogP contribution in [0, 0.1) is 0 Å². The van der Waals surface area contributed by atoms with Gasteiger partial charge in [-0.3, -0.25) is 0 Å². The highest BCUT2D eigenvalue weighted by Gasteiger charge is 2.27. The number of hydrogen-bond acceptors (Lipinski definition) is 4. The Morgan fingerprint density at radius 3 is 2.85 bits per heavy atom. The van der Waals surface area contributed by atoms with Gasteiger partial charge in [0.15, 0.2) is 0 Å². The van der Waals surface area contributed by atoms with Crippen molar-refractivity contribution in [3.8, 4) is 5.75 Å². The minimum atomic E-state index is -0.551. The van der Waals surface area contributed by atoms with Crippen molar-refractivity contribution in [1.29, 1.82) is 0 Å². The second-order valence-electron chi connectivity index (χ2n) is 5.52. The molecular weight excluding hydrogens is 278 g/mol. The molecule has 1 heterocycles. The maximum atomic E-state index is 9.96. The van der Waals surface area contributed by atoms with E-state index >= 15 is 0 Å². The van der Waals surface area contributed by atoms with Crippen LogP contribution in [0.15, 0.2) is 24.3 Å². The zero-order valence-electron chi connectivity index (χ0n) is 11.8. The molecule has 0 aliphatic carbocycles. The van der Waals surface area contributed by atoms with Gasteiger partial charge in [0.25, 0.3) is 0 Å². The largest absolute Gasteiger partial charge is 0.491 e. The third-order valence-electron chi connectivity index (χ3n) is 3.46. The highest BCUT2D eigenvalue weighted by Crippen LogP contribution is 2.18. The Bertz CT molecular complexity index is 404. The number of nitrogens with one attached hydrogen (secondary N) is 1. The number of aliphatic hydroxyl groups is 1. The number of aliphatic hydroxyl groups excluding tert-OH is 1. The fourth-order valence-corrected chi connectivity index (χ4v) is 2.35. The van der Waals surface area contributed by atoms with Crippen LogP contribution in [0.25, 0.3) is 0 Å². The molecular formula is C15H22ClNO3. The van der Waals surface area contributed by atoms with E-state index in [9.17, 15) is 5.11 Å². The Morgan fingerprint density at radius 2 is 2.20 bits per heavy atom. The first-order chi connectivity index (χ1) is 9.57. The summed E-state index contributed by atoms with van der Waals surface area (Å²) in [6.45, 7) is 4.40. The minimum absolute atomic E-state index is 0.0422. The quantitative estimate of drug-likeness (QED) is 0.846. The second-order valence-corrected chi connectivity index (χ2v) is 5.95. The van der Waals surface area contributed by atoms with Gasteiger partial charge in [-0.1, -0.05) is 11.6 Å². The molecule has 2 rings (SSSR count). The van der Waals surface area contributed by atoms with Gasteiger partial charge < -0.3 is 19.9 Å². The lowest BCUT2D eigenvalue weighted by atomic mass is 9.95. The van der Waals surface area contributed by atoms with E-state index in [4.69, 9.17) is 21.1 Å². The number of ether oxygens (including phenoxy) is 2. The van der Waals surface area contributed by atoms with Gasteiger partial charge in [0.2, 0.25) is 0 Å². The van der Waals surface area contributed by atoms with E-state index < -0.39 is 6.10 Å². The summed E-state index contributed by atoms with van der Waals surface area (Å²) >= 11 is 5.80. The monoisotopic (exact) mass is 299 g/mol. The molecule has 0 radical (unpaired) electrons. The Hall–Kier alpha value is -0.810. The average Bonchev–Trinajstić information content (AvgIpc) is 2.45. The van der Waals surface area contributed by atoms with Gasteiger partial charge in [0, 0.05) is 23.7 Å². The van der Waals surface area contributed by atoms with Crippen molar-refractivity contribution in [3.63, 3.8) is 0 Å². The molecule has 1 aromatic carbocycles. The molecule has 1 fully saturated rings. The van der Waals surface area contributed by atoms with Crippen molar-refractivity contribution in [2.45, 2.75) is 31.4 Å². The van der Waals surface area contributed by atoms with Gasteiger partial charge >= 0.3 is 0 Å². The summed E-state index contributed by atoms with van der Waals surface area (Å²) in [6, 6.07) is 7.11. The van der Waals surface area contributed by atoms with Crippen molar-refractivity contribution in [1.82, 2.24) is 5.32 Å². The Kier molecular flexibility index (Phi) is 5.66. The molecule has 5 heteroatoms. The Balaban J connectivity index is 1.69. The van der Waals surface area contributed by atoms with Crippen LogP contribution in [0.3, 0.4) is 0 Å². The normalized spacial score (nSPS) is 24.4. The molecule has 2 atom stereocenters. The number of hydrogen-bond donors (Lipinski definition) is 2. The van der Waals surface area contributed by atoms with E-state index in [1.165, 1.54) is 0 Å². The Labute approximate surface area is 125 Å². The Morgan fingerprint density at radius 1 is 1.45 bits per heavy atom. The van der Waals surface area contributed by atoms with Crippen LogP contribution in [0.5, 0.6) is 5.75 Å². The lowest BCUT2D eigenvalue weighted by Gasteiger charge is -2.35. The highest BCUT2D eigenvalue weighted by molar-refractivity contribution is 6.30. The molecule has 112 valence electrons. The molecule has 0 aromatic heterocycles. The zero-order valence-corrected chi connectivity index (χ0v) is 12.5. The van der Waals surface area contributed by atoms with Crippen molar-refractivity contribution in [2.75, 3.05) is 26.4 Å². The molecule has 0 spiro atoms. The van der Waals surface area contributed by atoms with Crippen LogP contribution < -0.4 is 10.1 Å². The van der Waals surface area contributed by atoms with E-state index in [1.54, 1.807) is 24.3 Å². The molecule has 4 nitrogen and oxygen atoms in total. The lowest BCUT2D eigenvalue weighted by Crippen LogP contribution is -2.51. The summed E-state index contributed by atoms with van der Waals surface area (Å²) < 4.78 is 11.0. The number of rotatable bonds is 6. The van der Waals surface area contributed by atoms with E-state index in [-0.39, 0.29) is 12.1 Å². The third kappa shape index (κ3) is 4.94. The summed E-state index contributed by atoms with van der Waals surface area (Å²) in [4.78, 5) is 0. The van der Waals surface area contributed by atoms with Crippen molar-refractivity contribution < 1.29 is 14.6 Å². The van der Waals surface area contributed by atoms with Crippen LogP contribution in [0.1, 0.15) is 19.8 Å². The van der Waals surface area contributed by atoms with E-state index in [0.717, 1.165) is 19.4 Å². The summed E-state index contributed by atoms with van der Waals surface area (Å²) in [5.74, 6) is 0.709. The third-order valence-corrected chi connectivity index (χ3v) is 3.71. The summed E-state index contributed by atoms with van der Waals surface area (Å²) in [5.41, 5.74) is -0.0422. The van der Waals surface area contributed by atoms with Gasteiger partial charge in [0.1, 0.15) is 18.5 Å². The van der Waals surface area contributed by atoms with Crippen molar-refractivity contribution >= 4 is 11.6 Å². The molecule has 20 heavy (non-hydrogen) atoms. The topological polar surface area (TPSA) is 50.7 Å². The lowest BCUT2D eigenvalue weighted by molar-refractivity contribution is 0.0184. The van der Waals surface area contributed by atoms with E-state index in [0.29, 0.717) is 23.9 Å². The summed E-state index contributed by atoms with van der Waals surface area (Å²) in [5, 5.41) is 14.0. The van der Waals surface area contributed by atoms with E-state index in [2.05, 4.69) is 12.2 Å². The molecule has 2 N–H and O–H groups in total. The molecule has 0 amide bonds. The fraction of sp³-hybridized carbons (Fsp3) is 0.600. The molecule has 0 saturated carbocycles. The first-order valence-electron chi connectivity index (χ1n) is 6.97. The standard InChI is InChI=1S/C15H22ClNO3/c1-15(7-2-8-19-11-15)17-9-13(18)10-20-14-5-3-12(16)4-6-14/h3-6,13,17-18H,2,7-11H2,1H3. The zero-order chi connectivity index (χ0) is 14.4. The molecule has 1 aromatic rings. The van der Waals surface area contributed by atoms with Gasteiger partial charge in [-0.05, 0) is 44.0 Å². The first-order valence-corrected chi connectivity index (χ1v) is 7.34. The van der Waals surface area contributed by atoms with Crippen LogP contribution in [-0.4, -0.2) is 43.1 Å². The molecule has 0 bridgehead atoms. The fourth-order valence-electron chi connectivity index (χ4n) is 2.22. The molecule has 1 saturated heterocycles. The molecule has 2 unspecified atom stereocenters. The highest BCUT2D eigenvalue weighted by atomic mass is 35.5. The predicted octanol–water partition coefficient (Wildman–Crippen LogP) is 2.24. The van der Waals surface area contributed by atoms with Gasteiger partial charge in [-0.15, -0.1) is 0 Å². The van der Waals surface area contributed by atoms with Crippen LogP contribution >= 0.6 is 11.6 Å². The summed E-state index contributed by atoms with van der Waals surface area (Å²) in [7, 11) is 0. The van der Waals surface area contributed by atoms with E-state index in [1.807, 2.05) is 0 Å². The van der Waals surface area contributed by atoms with Gasteiger partial charge in [0.05, 0.1) is 6.61 Å². The second kappa shape index (κ2) is 7.27. The van der Waals surface area contributed by atoms with Crippen LogP contribution in [0.4, 0.5) is 0 Å². The predicted molar refractivity (Wildman–Crippen MR) is 79.4 cm³/mol. The minimum Gasteiger partial charge on any atom is -0.491 e. The van der Waals surface area contributed by atoms with Gasteiger partial charge in [-0.2, -0.15) is 0 Å². The maximum Gasteiger partial charge on any atom is 0.119 e. The van der Waals surface area contributed by atoms with Gasteiger partial charge in [-0.25, -0.2) is 0 Å². The number of halogens is 1. The smallest absolute Gasteiger partial charge is 0.119 e. The summed E-state index contributed by atoms with van der Waals surface area (Å²) in [6.07, 6.45) is 1.57. The van der Waals surface area contributed by atoms with Crippen LogP contribution in [0.2, 0.25) is 5.02 Å². The molecule has 1 aliphatic heterocycles. The van der Waals surface area contributed by atoms with Crippen molar-refractivity contribution in [3.05, 3.63) is 29.3 Å². The molecule has 1 aliphatic rings. The number of benzene rings is 1. The first kappa shape index (κ1) is 15.6. The van der Waals surface area contributed by atoms with Crippen molar-refractivity contribution in [2.24, 2.45) is 0 Å². The van der Waals surface area contributed by atoms with Crippen LogP contribution in [-0.2, 0) is 4.74 Å². The SMILES string of the molecule is CC1(NCC(O)COc2ccc(Cl)cc2)CCCOC1. The average molecular weight is 300 g/mol. The number of β-amino-alcohol motifs (C(OH)–C–C–N with tert-alkyl or cyclic N) is 1.